The summed E-state index contributed by atoms with van der Waals surface area (Å²) in [6, 6.07) is 11.7. The Morgan fingerprint density at radius 1 is 1.25 bits per heavy atom. The zero-order chi connectivity index (χ0) is 17.3. The average Bonchev–Trinajstić information content (AvgIpc) is 2.53. The van der Waals surface area contributed by atoms with Gasteiger partial charge in [0.2, 0.25) is 0 Å². The number of nitrogens with zero attached hydrogens (tertiary/aromatic N) is 1. The van der Waals surface area contributed by atoms with Gasteiger partial charge in [0, 0.05) is 24.7 Å². The number of rotatable bonds is 4. The van der Waals surface area contributed by atoms with Crippen molar-refractivity contribution in [1.29, 1.82) is 0 Å². The maximum Gasteiger partial charge on any atom is 0.268 e. The summed E-state index contributed by atoms with van der Waals surface area (Å²) in [5.74, 6) is 0.384. The number of halogens is 1. The van der Waals surface area contributed by atoms with E-state index in [1.165, 1.54) is 6.07 Å². The van der Waals surface area contributed by atoms with Crippen LogP contribution >= 0.6 is 0 Å². The standard InChI is InChI=1S/C19H21FN2O2/c1-12(2)11-22-16-8-7-14(21)10-17(16)24-18(19(22)23)9-13-5-3-4-6-15(13)20/h3-8,10,12,18H,9,11,21H2,1-2H3. The molecule has 3 rings (SSSR count). The monoisotopic (exact) mass is 328 g/mol. The summed E-state index contributed by atoms with van der Waals surface area (Å²) < 4.78 is 19.8. The topological polar surface area (TPSA) is 55.6 Å². The van der Waals surface area contributed by atoms with Crippen LogP contribution in [0.4, 0.5) is 15.8 Å². The van der Waals surface area contributed by atoms with Crippen molar-refractivity contribution in [2.75, 3.05) is 17.2 Å². The van der Waals surface area contributed by atoms with Gasteiger partial charge in [0.15, 0.2) is 6.10 Å². The first-order chi connectivity index (χ1) is 11.5. The van der Waals surface area contributed by atoms with Crippen molar-refractivity contribution in [1.82, 2.24) is 0 Å². The molecule has 5 heteroatoms. The second-order valence-corrected chi connectivity index (χ2v) is 6.47. The van der Waals surface area contributed by atoms with Crippen molar-refractivity contribution in [3.63, 3.8) is 0 Å². The number of carbonyl (C=O) groups is 1. The summed E-state index contributed by atoms with van der Waals surface area (Å²) in [4.78, 5) is 14.6. The second kappa shape index (κ2) is 6.51. The molecule has 0 saturated heterocycles. The van der Waals surface area contributed by atoms with Crippen LogP contribution < -0.4 is 15.4 Å². The van der Waals surface area contributed by atoms with E-state index in [-0.39, 0.29) is 18.1 Å². The van der Waals surface area contributed by atoms with Gasteiger partial charge in [-0.15, -0.1) is 0 Å². The molecule has 1 amide bonds. The highest BCUT2D eigenvalue weighted by molar-refractivity contribution is 6.00. The number of hydrogen-bond donors (Lipinski definition) is 1. The van der Waals surface area contributed by atoms with E-state index in [0.29, 0.717) is 35.2 Å². The first-order valence-electron chi connectivity index (χ1n) is 8.06. The average molecular weight is 328 g/mol. The lowest BCUT2D eigenvalue weighted by atomic mass is 10.0. The minimum atomic E-state index is -0.755. The smallest absolute Gasteiger partial charge is 0.268 e. The molecule has 0 aliphatic carbocycles. The molecule has 1 unspecified atom stereocenters. The Hall–Kier alpha value is -2.56. The Morgan fingerprint density at radius 2 is 2.00 bits per heavy atom. The lowest BCUT2D eigenvalue weighted by molar-refractivity contribution is -0.126. The molecule has 4 nitrogen and oxygen atoms in total. The second-order valence-electron chi connectivity index (χ2n) is 6.47. The van der Waals surface area contributed by atoms with E-state index in [9.17, 15) is 9.18 Å². The van der Waals surface area contributed by atoms with Gasteiger partial charge in [0.25, 0.3) is 5.91 Å². The van der Waals surface area contributed by atoms with Crippen LogP contribution in [0.3, 0.4) is 0 Å². The molecular weight excluding hydrogens is 307 g/mol. The van der Waals surface area contributed by atoms with Crippen LogP contribution in [0.1, 0.15) is 19.4 Å². The van der Waals surface area contributed by atoms with Crippen LogP contribution in [0, 0.1) is 11.7 Å². The number of amides is 1. The van der Waals surface area contributed by atoms with Crippen LogP contribution in [0.5, 0.6) is 5.75 Å². The number of fused-ring (bicyclic) bond motifs is 1. The fraction of sp³-hybridized carbons (Fsp3) is 0.316. The largest absolute Gasteiger partial charge is 0.478 e. The fourth-order valence-corrected chi connectivity index (χ4v) is 2.89. The first-order valence-corrected chi connectivity index (χ1v) is 8.06. The predicted octanol–water partition coefficient (Wildman–Crippen LogP) is 3.40. The highest BCUT2D eigenvalue weighted by Crippen LogP contribution is 2.36. The molecular formula is C19H21FN2O2. The molecule has 1 atom stereocenters. The van der Waals surface area contributed by atoms with Crippen molar-refractivity contribution >= 4 is 17.3 Å². The molecule has 24 heavy (non-hydrogen) atoms. The number of hydrogen-bond acceptors (Lipinski definition) is 3. The summed E-state index contributed by atoms with van der Waals surface area (Å²) in [6.07, 6.45) is -0.566. The highest BCUT2D eigenvalue weighted by atomic mass is 19.1. The zero-order valence-electron chi connectivity index (χ0n) is 13.8. The Kier molecular flexibility index (Phi) is 4.42. The SMILES string of the molecule is CC(C)CN1C(=O)C(Cc2ccccc2F)Oc2cc(N)ccc21. The van der Waals surface area contributed by atoms with Gasteiger partial charge in [-0.1, -0.05) is 32.0 Å². The molecule has 0 bridgehead atoms. The molecule has 0 saturated carbocycles. The number of benzene rings is 2. The molecule has 2 aromatic carbocycles. The van der Waals surface area contributed by atoms with Crippen LogP contribution in [-0.4, -0.2) is 18.6 Å². The van der Waals surface area contributed by atoms with Crippen LogP contribution in [0.25, 0.3) is 0 Å². The summed E-state index contributed by atoms with van der Waals surface area (Å²) >= 11 is 0. The van der Waals surface area contributed by atoms with E-state index in [1.54, 1.807) is 41.3 Å². The van der Waals surface area contributed by atoms with Gasteiger partial charge in [-0.25, -0.2) is 4.39 Å². The highest BCUT2D eigenvalue weighted by Gasteiger charge is 2.35. The molecule has 1 aliphatic rings. The Balaban J connectivity index is 1.94. The molecule has 1 heterocycles. The van der Waals surface area contributed by atoms with Crippen molar-refractivity contribution in [3.8, 4) is 5.75 Å². The molecule has 1 aliphatic heterocycles. The van der Waals surface area contributed by atoms with Crippen LogP contribution in [0.15, 0.2) is 42.5 Å². The maximum absolute atomic E-state index is 13.9. The minimum absolute atomic E-state index is 0.149. The third-order valence-corrected chi connectivity index (χ3v) is 4.00. The zero-order valence-corrected chi connectivity index (χ0v) is 13.8. The van der Waals surface area contributed by atoms with Gasteiger partial charge in [-0.05, 0) is 29.7 Å². The van der Waals surface area contributed by atoms with Crippen molar-refractivity contribution in [2.24, 2.45) is 5.92 Å². The third kappa shape index (κ3) is 3.20. The summed E-state index contributed by atoms with van der Waals surface area (Å²) in [5.41, 5.74) is 7.59. The molecule has 126 valence electrons. The lowest BCUT2D eigenvalue weighted by Crippen LogP contribution is -2.48. The van der Waals surface area contributed by atoms with E-state index in [1.807, 2.05) is 13.8 Å². The number of anilines is 2. The number of carbonyl (C=O) groups excluding carboxylic acids is 1. The van der Waals surface area contributed by atoms with Crippen molar-refractivity contribution in [3.05, 3.63) is 53.8 Å². The normalized spacial score (nSPS) is 16.9. The summed E-state index contributed by atoms with van der Waals surface area (Å²) in [5, 5.41) is 0. The third-order valence-electron chi connectivity index (χ3n) is 4.00. The molecule has 2 aromatic rings. The number of nitrogens with two attached hydrogens (primary N) is 1. The summed E-state index contributed by atoms with van der Waals surface area (Å²) in [6.45, 7) is 4.67. The minimum Gasteiger partial charge on any atom is -0.478 e. The maximum atomic E-state index is 13.9. The van der Waals surface area contributed by atoms with Gasteiger partial charge in [0.1, 0.15) is 11.6 Å². The van der Waals surface area contributed by atoms with E-state index in [2.05, 4.69) is 0 Å². The molecule has 0 fully saturated rings. The van der Waals surface area contributed by atoms with Gasteiger partial charge in [-0.3, -0.25) is 4.79 Å². The molecule has 0 radical (unpaired) electrons. The van der Waals surface area contributed by atoms with E-state index in [4.69, 9.17) is 10.5 Å². The van der Waals surface area contributed by atoms with Crippen LogP contribution in [0.2, 0.25) is 0 Å². The molecule has 0 spiro atoms. The number of nitrogen functional groups attached to an aromatic ring is 1. The predicted molar refractivity (Wildman–Crippen MR) is 92.6 cm³/mol. The Morgan fingerprint density at radius 3 is 2.71 bits per heavy atom. The van der Waals surface area contributed by atoms with Gasteiger partial charge in [-0.2, -0.15) is 0 Å². The van der Waals surface area contributed by atoms with Gasteiger partial charge >= 0.3 is 0 Å². The molecule has 0 aromatic heterocycles. The van der Waals surface area contributed by atoms with E-state index >= 15 is 0 Å². The van der Waals surface area contributed by atoms with E-state index < -0.39 is 6.10 Å². The lowest BCUT2D eigenvalue weighted by Gasteiger charge is -2.35. The first kappa shape index (κ1) is 16.3. The quantitative estimate of drug-likeness (QED) is 0.875. The van der Waals surface area contributed by atoms with Crippen molar-refractivity contribution in [2.45, 2.75) is 26.4 Å². The van der Waals surface area contributed by atoms with Gasteiger partial charge in [0.05, 0.1) is 5.69 Å². The number of ether oxygens (including phenoxy) is 1. The molecule has 2 N–H and O–H groups in total. The van der Waals surface area contributed by atoms with Gasteiger partial charge < -0.3 is 15.4 Å². The fourth-order valence-electron chi connectivity index (χ4n) is 2.89. The Labute approximate surface area is 141 Å². The van der Waals surface area contributed by atoms with E-state index in [0.717, 1.165) is 0 Å². The van der Waals surface area contributed by atoms with Crippen LogP contribution in [-0.2, 0) is 11.2 Å². The summed E-state index contributed by atoms with van der Waals surface area (Å²) in [7, 11) is 0. The van der Waals surface area contributed by atoms with Crippen molar-refractivity contribution < 1.29 is 13.9 Å². The Bertz CT molecular complexity index is 761.